The van der Waals surface area contributed by atoms with E-state index < -0.39 is 0 Å². The number of aromatic nitrogens is 4. The topological polar surface area (TPSA) is 75.6 Å². The van der Waals surface area contributed by atoms with Gasteiger partial charge in [0.2, 0.25) is 5.91 Å². The SMILES string of the molecule is Cc1cc(C)n(C(C)CC(=O)NC2CCc3cn[nH]c3C2)n1. The lowest BCUT2D eigenvalue weighted by Gasteiger charge is -2.23. The number of fused-ring (bicyclic) bond motifs is 1. The molecule has 1 aliphatic carbocycles. The second-order valence-electron chi connectivity index (χ2n) is 6.31. The minimum absolute atomic E-state index is 0.0694. The fourth-order valence-electron chi connectivity index (χ4n) is 3.27. The lowest BCUT2D eigenvalue weighted by atomic mass is 9.93. The minimum atomic E-state index is 0.0694. The van der Waals surface area contributed by atoms with Crippen molar-refractivity contribution >= 4 is 5.91 Å². The molecule has 0 spiro atoms. The summed E-state index contributed by atoms with van der Waals surface area (Å²) in [6.07, 6.45) is 5.14. The molecule has 0 aromatic carbocycles. The van der Waals surface area contributed by atoms with Crippen molar-refractivity contribution in [2.24, 2.45) is 0 Å². The van der Waals surface area contributed by atoms with Gasteiger partial charge in [-0.15, -0.1) is 0 Å². The Morgan fingerprint density at radius 2 is 2.36 bits per heavy atom. The van der Waals surface area contributed by atoms with Crippen LogP contribution in [0.1, 0.15) is 48.5 Å². The first-order chi connectivity index (χ1) is 10.5. The van der Waals surface area contributed by atoms with Crippen LogP contribution in [0.25, 0.3) is 0 Å². The number of H-pyrrole nitrogens is 1. The summed E-state index contributed by atoms with van der Waals surface area (Å²) < 4.78 is 1.93. The fourth-order valence-corrected chi connectivity index (χ4v) is 3.27. The molecule has 2 unspecified atom stereocenters. The molecule has 2 aromatic heterocycles. The predicted molar refractivity (Wildman–Crippen MR) is 83.6 cm³/mol. The second-order valence-corrected chi connectivity index (χ2v) is 6.31. The van der Waals surface area contributed by atoms with E-state index in [1.54, 1.807) is 0 Å². The van der Waals surface area contributed by atoms with Crippen LogP contribution in [-0.2, 0) is 17.6 Å². The number of aromatic amines is 1. The van der Waals surface area contributed by atoms with E-state index in [0.717, 1.165) is 36.3 Å². The molecule has 0 saturated carbocycles. The third-order valence-electron chi connectivity index (χ3n) is 4.33. The quantitative estimate of drug-likeness (QED) is 0.905. The first-order valence-corrected chi connectivity index (χ1v) is 7.86. The Morgan fingerprint density at radius 3 is 3.09 bits per heavy atom. The summed E-state index contributed by atoms with van der Waals surface area (Å²) in [5.74, 6) is 0.0908. The summed E-state index contributed by atoms with van der Waals surface area (Å²) in [6.45, 7) is 6.03. The molecule has 118 valence electrons. The smallest absolute Gasteiger partial charge is 0.222 e. The third-order valence-corrected chi connectivity index (χ3v) is 4.33. The maximum atomic E-state index is 12.3. The number of hydrogen-bond acceptors (Lipinski definition) is 3. The molecule has 1 aliphatic rings. The van der Waals surface area contributed by atoms with E-state index >= 15 is 0 Å². The summed E-state index contributed by atoms with van der Waals surface area (Å²) in [7, 11) is 0. The number of aryl methyl sites for hydroxylation is 3. The number of rotatable bonds is 4. The van der Waals surface area contributed by atoms with Gasteiger partial charge in [0.25, 0.3) is 0 Å². The van der Waals surface area contributed by atoms with Crippen LogP contribution in [0.4, 0.5) is 0 Å². The molecule has 2 aromatic rings. The maximum absolute atomic E-state index is 12.3. The number of carbonyl (C=O) groups excluding carboxylic acids is 1. The van der Waals surface area contributed by atoms with Crippen LogP contribution in [0.3, 0.4) is 0 Å². The molecule has 6 nitrogen and oxygen atoms in total. The van der Waals surface area contributed by atoms with Crippen molar-refractivity contribution in [3.8, 4) is 0 Å². The zero-order chi connectivity index (χ0) is 15.7. The van der Waals surface area contributed by atoms with E-state index in [-0.39, 0.29) is 18.0 Å². The molecule has 3 rings (SSSR count). The Balaban J connectivity index is 1.56. The fraction of sp³-hybridized carbons (Fsp3) is 0.562. The summed E-state index contributed by atoms with van der Waals surface area (Å²) in [5.41, 5.74) is 4.52. The average molecular weight is 301 g/mol. The Labute approximate surface area is 130 Å². The molecule has 2 N–H and O–H groups in total. The van der Waals surface area contributed by atoms with E-state index in [1.807, 2.05) is 37.7 Å². The number of nitrogens with zero attached hydrogens (tertiary/aromatic N) is 3. The van der Waals surface area contributed by atoms with Crippen molar-refractivity contribution in [3.63, 3.8) is 0 Å². The molecule has 6 heteroatoms. The Hall–Kier alpha value is -2.11. The number of hydrogen-bond donors (Lipinski definition) is 2. The first-order valence-electron chi connectivity index (χ1n) is 7.86. The number of amides is 1. The summed E-state index contributed by atoms with van der Waals surface area (Å²) in [6, 6.07) is 2.31. The van der Waals surface area contributed by atoms with E-state index in [2.05, 4.69) is 20.6 Å². The highest BCUT2D eigenvalue weighted by Gasteiger charge is 2.22. The molecular formula is C16H23N5O. The summed E-state index contributed by atoms with van der Waals surface area (Å²) in [5, 5.41) is 14.7. The summed E-state index contributed by atoms with van der Waals surface area (Å²) >= 11 is 0. The Kier molecular flexibility index (Phi) is 4.00. The molecule has 2 atom stereocenters. The lowest BCUT2D eigenvalue weighted by Crippen LogP contribution is -2.39. The standard InChI is InChI=1S/C16H23N5O/c1-10-6-11(2)21(20-10)12(3)7-16(22)18-14-5-4-13-9-17-19-15(13)8-14/h6,9,12,14H,4-5,7-8H2,1-3H3,(H,17,19)(H,18,22). The third kappa shape index (κ3) is 3.05. The van der Waals surface area contributed by atoms with E-state index in [4.69, 9.17) is 0 Å². The Bertz CT molecular complexity index is 672. The van der Waals surface area contributed by atoms with Crippen LogP contribution < -0.4 is 5.32 Å². The van der Waals surface area contributed by atoms with Gasteiger partial charge in [-0.05, 0) is 45.2 Å². The van der Waals surface area contributed by atoms with E-state index in [1.165, 1.54) is 5.56 Å². The molecule has 0 aliphatic heterocycles. The van der Waals surface area contributed by atoms with Gasteiger partial charge >= 0.3 is 0 Å². The van der Waals surface area contributed by atoms with Gasteiger partial charge in [0.1, 0.15) is 0 Å². The lowest BCUT2D eigenvalue weighted by molar-refractivity contribution is -0.122. The zero-order valence-electron chi connectivity index (χ0n) is 13.4. The highest BCUT2D eigenvalue weighted by atomic mass is 16.1. The van der Waals surface area contributed by atoms with Crippen LogP contribution in [0.15, 0.2) is 12.3 Å². The van der Waals surface area contributed by atoms with Crippen molar-refractivity contribution in [3.05, 3.63) is 34.9 Å². The summed E-state index contributed by atoms with van der Waals surface area (Å²) in [4.78, 5) is 12.3. The van der Waals surface area contributed by atoms with Gasteiger partial charge in [0.15, 0.2) is 0 Å². The van der Waals surface area contributed by atoms with E-state index in [0.29, 0.717) is 6.42 Å². The maximum Gasteiger partial charge on any atom is 0.222 e. The van der Waals surface area contributed by atoms with Gasteiger partial charge in [-0.25, -0.2) is 0 Å². The highest BCUT2D eigenvalue weighted by Crippen LogP contribution is 2.19. The normalized spacial score (nSPS) is 18.8. The largest absolute Gasteiger partial charge is 0.353 e. The van der Waals surface area contributed by atoms with Gasteiger partial charge in [-0.1, -0.05) is 0 Å². The van der Waals surface area contributed by atoms with Crippen LogP contribution in [0.5, 0.6) is 0 Å². The van der Waals surface area contributed by atoms with Gasteiger partial charge in [0, 0.05) is 30.3 Å². The van der Waals surface area contributed by atoms with Crippen molar-refractivity contribution in [1.29, 1.82) is 0 Å². The van der Waals surface area contributed by atoms with Crippen molar-refractivity contribution in [2.45, 2.75) is 58.5 Å². The molecular weight excluding hydrogens is 278 g/mol. The van der Waals surface area contributed by atoms with E-state index in [9.17, 15) is 4.79 Å². The van der Waals surface area contributed by atoms with Crippen LogP contribution >= 0.6 is 0 Å². The zero-order valence-corrected chi connectivity index (χ0v) is 13.4. The van der Waals surface area contributed by atoms with Crippen LogP contribution in [-0.4, -0.2) is 31.9 Å². The van der Waals surface area contributed by atoms with Crippen LogP contribution in [0.2, 0.25) is 0 Å². The minimum Gasteiger partial charge on any atom is -0.353 e. The molecule has 0 radical (unpaired) electrons. The van der Waals surface area contributed by atoms with Gasteiger partial charge in [-0.3, -0.25) is 14.6 Å². The number of nitrogens with one attached hydrogen (secondary N) is 2. The highest BCUT2D eigenvalue weighted by molar-refractivity contribution is 5.76. The van der Waals surface area contributed by atoms with Crippen molar-refractivity contribution in [1.82, 2.24) is 25.3 Å². The van der Waals surface area contributed by atoms with Crippen molar-refractivity contribution in [2.75, 3.05) is 0 Å². The van der Waals surface area contributed by atoms with Crippen LogP contribution in [0, 0.1) is 13.8 Å². The molecule has 0 fully saturated rings. The molecule has 1 amide bonds. The monoisotopic (exact) mass is 301 g/mol. The Morgan fingerprint density at radius 1 is 1.55 bits per heavy atom. The molecule has 2 heterocycles. The first kappa shape index (κ1) is 14.8. The molecule has 0 saturated heterocycles. The van der Waals surface area contributed by atoms with Gasteiger partial charge in [0.05, 0.1) is 17.9 Å². The average Bonchev–Trinajstić information content (AvgIpc) is 3.04. The van der Waals surface area contributed by atoms with Crippen molar-refractivity contribution < 1.29 is 4.79 Å². The molecule has 0 bridgehead atoms. The predicted octanol–water partition coefficient (Wildman–Crippen LogP) is 1.85. The van der Waals surface area contributed by atoms with Gasteiger partial charge in [-0.2, -0.15) is 10.2 Å². The second kappa shape index (κ2) is 5.94. The number of carbonyl (C=O) groups is 1. The molecule has 22 heavy (non-hydrogen) atoms. The van der Waals surface area contributed by atoms with Gasteiger partial charge < -0.3 is 5.32 Å².